The van der Waals surface area contributed by atoms with Gasteiger partial charge in [-0.05, 0) is 36.8 Å². The van der Waals surface area contributed by atoms with Gasteiger partial charge in [0.05, 0.1) is 16.0 Å². The lowest BCUT2D eigenvalue weighted by Crippen LogP contribution is -2.03. The van der Waals surface area contributed by atoms with Gasteiger partial charge in [-0.1, -0.05) is 23.7 Å². The number of nitro groups is 1. The van der Waals surface area contributed by atoms with Crippen molar-refractivity contribution in [3.05, 3.63) is 86.7 Å². The van der Waals surface area contributed by atoms with E-state index < -0.39 is 33.7 Å². The van der Waals surface area contributed by atoms with Crippen LogP contribution in [-0.4, -0.2) is 4.92 Å². The molecule has 0 aliphatic rings. The first-order valence-corrected chi connectivity index (χ1v) is 8.11. The van der Waals surface area contributed by atoms with E-state index in [1.165, 1.54) is 12.1 Å². The van der Waals surface area contributed by atoms with Gasteiger partial charge in [-0.15, -0.1) is 0 Å². The van der Waals surface area contributed by atoms with Crippen LogP contribution in [-0.2, 0) is 0 Å². The Morgan fingerprint density at radius 2 is 1.78 bits per heavy atom. The van der Waals surface area contributed by atoms with Crippen molar-refractivity contribution in [2.75, 3.05) is 5.32 Å². The van der Waals surface area contributed by atoms with Crippen LogP contribution in [0, 0.1) is 34.5 Å². The second-order valence-electron chi connectivity index (χ2n) is 5.79. The summed E-state index contributed by atoms with van der Waals surface area (Å²) in [5.74, 6) is -2.69. The van der Waals surface area contributed by atoms with Crippen molar-refractivity contribution in [3.8, 4) is 11.1 Å². The van der Waals surface area contributed by atoms with Gasteiger partial charge in [-0.3, -0.25) is 10.1 Å². The molecule has 3 aromatic rings. The monoisotopic (exact) mass is 392 g/mol. The second kappa shape index (κ2) is 7.28. The lowest BCUT2D eigenvalue weighted by molar-refractivity contribution is -0.384. The maximum absolute atomic E-state index is 14.2. The van der Waals surface area contributed by atoms with Crippen molar-refractivity contribution in [1.82, 2.24) is 0 Å². The summed E-state index contributed by atoms with van der Waals surface area (Å²) in [6, 6.07) is 9.98. The predicted molar refractivity (Wildman–Crippen MR) is 97.9 cm³/mol. The number of nitrogens with one attached hydrogen (secondary N) is 1. The van der Waals surface area contributed by atoms with Crippen molar-refractivity contribution in [2.24, 2.45) is 0 Å². The van der Waals surface area contributed by atoms with E-state index in [-0.39, 0.29) is 5.02 Å². The van der Waals surface area contributed by atoms with E-state index in [9.17, 15) is 23.3 Å². The minimum atomic E-state index is -1.11. The average molecular weight is 393 g/mol. The number of rotatable bonds is 4. The molecule has 0 bridgehead atoms. The molecule has 0 radical (unpaired) electrons. The minimum Gasteiger partial charge on any atom is -0.347 e. The van der Waals surface area contributed by atoms with Gasteiger partial charge in [0.25, 0.3) is 5.69 Å². The summed E-state index contributed by atoms with van der Waals surface area (Å²) >= 11 is 6.15. The molecular formula is C19H12ClF3N2O2. The third-order valence-corrected chi connectivity index (χ3v) is 4.28. The molecule has 0 atom stereocenters. The van der Waals surface area contributed by atoms with Crippen LogP contribution in [0.15, 0.2) is 48.5 Å². The fourth-order valence-corrected chi connectivity index (χ4v) is 3.05. The number of anilines is 2. The van der Waals surface area contributed by atoms with E-state index in [1.54, 1.807) is 25.1 Å². The molecule has 4 nitrogen and oxygen atoms in total. The van der Waals surface area contributed by atoms with Crippen molar-refractivity contribution in [3.63, 3.8) is 0 Å². The highest BCUT2D eigenvalue weighted by Gasteiger charge is 2.22. The smallest absolute Gasteiger partial charge is 0.298 e. The SMILES string of the molecule is Cc1cccc(Nc2c(F)cc(F)cc2[N+](=O)[O-])c1-c1ccc(F)cc1Cl. The van der Waals surface area contributed by atoms with Gasteiger partial charge in [0.2, 0.25) is 0 Å². The van der Waals surface area contributed by atoms with E-state index in [1.807, 2.05) is 0 Å². The van der Waals surface area contributed by atoms with Gasteiger partial charge >= 0.3 is 0 Å². The van der Waals surface area contributed by atoms with Crippen molar-refractivity contribution < 1.29 is 18.1 Å². The number of benzene rings is 3. The standard InChI is InChI=1S/C19H12ClF3N2O2/c1-10-3-2-4-16(18(10)13-6-5-11(21)7-14(13)20)24-19-15(23)8-12(22)9-17(19)25(26)27/h2-9,24H,1H3. The highest BCUT2D eigenvalue weighted by molar-refractivity contribution is 6.33. The van der Waals surface area contributed by atoms with Crippen LogP contribution < -0.4 is 5.32 Å². The van der Waals surface area contributed by atoms with Crippen LogP contribution in [0.4, 0.5) is 30.2 Å². The fraction of sp³-hybridized carbons (Fsp3) is 0.0526. The molecule has 3 aromatic carbocycles. The van der Waals surface area contributed by atoms with Gasteiger partial charge in [-0.25, -0.2) is 13.2 Å². The number of hydrogen-bond donors (Lipinski definition) is 1. The zero-order valence-corrected chi connectivity index (χ0v) is 14.7. The molecule has 3 rings (SSSR count). The van der Waals surface area contributed by atoms with E-state index >= 15 is 0 Å². The molecule has 0 saturated heterocycles. The fourth-order valence-electron chi connectivity index (χ4n) is 2.78. The molecule has 0 aliphatic heterocycles. The second-order valence-corrected chi connectivity index (χ2v) is 6.19. The lowest BCUT2D eigenvalue weighted by atomic mass is 9.98. The zero-order valence-electron chi connectivity index (χ0n) is 13.9. The summed E-state index contributed by atoms with van der Waals surface area (Å²) in [6.45, 7) is 1.76. The van der Waals surface area contributed by atoms with Crippen LogP contribution in [0.2, 0.25) is 5.02 Å². The summed E-state index contributed by atoms with van der Waals surface area (Å²) in [4.78, 5) is 10.3. The van der Waals surface area contributed by atoms with Crippen LogP contribution in [0.1, 0.15) is 5.56 Å². The first-order valence-electron chi connectivity index (χ1n) is 7.73. The molecule has 0 amide bonds. The van der Waals surface area contributed by atoms with Crippen LogP contribution in [0.5, 0.6) is 0 Å². The molecule has 8 heteroatoms. The quantitative estimate of drug-likeness (QED) is 0.413. The predicted octanol–water partition coefficient (Wildman–Crippen LogP) is 6.38. The Balaban J connectivity index is 2.18. The summed E-state index contributed by atoms with van der Waals surface area (Å²) in [5, 5.41) is 14.0. The molecule has 0 fully saturated rings. The molecule has 1 N–H and O–H groups in total. The topological polar surface area (TPSA) is 55.2 Å². The van der Waals surface area contributed by atoms with Crippen LogP contribution >= 0.6 is 11.6 Å². The maximum Gasteiger partial charge on any atom is 0.298 e. The Morgan fingerprint density at radius 3 is 2.44 bits per heavy atom. The van der Waals surface area contributed by atoms with E-state index in [0.717, 1.165) is 11.6 Å². The third kappa shape index (κ3) is 3.73. The number of nitrogens with zero attached hydrogens (tertiary/aromatic N) is 1. The minimum absolute atomic E-state index is 0.126. The molecule has 138 valence electrons. The van der Waals surface area contributed by atoms with E-state index in [0.29, 0.717) is 28.9 Å². The van der Waals surface area contributed by atoms with Gasteiger partial charge in [-0.2, -0.15) is 0 Å². The van der Waals surface area contributed by atoms with Gasteiger partial charge in [0.15, 0.2) is 11.5 Å². The van der Waals surface area contributed by atoms with Gasteiger partial charge in [0, 0.05) is 22.9 Å². The Morgan fingerprint density at radius 1 is 1.04 bits per heavy atom. The molecule has 0 aliphatic carbocycles. The summed E-state index contributed by atoms with van der Waals surface area (Å²) in [5.41, 5.74) is 0.775. The molecular weight excluding hydrogens is 381 g/mol. The first-order chi connectivity index (χ1) is 12.8. The zero-order chi connectivity index (χ0) is 19.7. The number of hydrogen-bond acceptors (Lipinski definition) is 3. The van der Waals surface area contributed by atoms with E-state index in [4.69, 9.17) is 11.6 Å². The summed E-state index contributed by atoms with van der Waals surface area (Å²) in [6.07, 6.45) is 0. The first kappa shape index (κ1) is 18.7. The van der Waals surface area contributed by atoms with Gasteiger partial charge in [0.1, 0.15) is 11.6 Å². The lowest BCUT2D eigenvalue weighted by Gasteiger charge is -2.16. The molecule has 27 heavy (non-hydrogen) atoms. The Bertz CT molecular complexity index is 1060. The normalized spacial score (nSPS) is 10.7. The number of aryl methyl sites for hydroxylation is 1. The summed E-state index contributed by atoms with van der Waals surface area (Å²) < 4.78 is 41.0. The molecule has 0 heterocycles. The summed E-state index contributed by atoms with van der Waals surface area (Å²) in [7, 11) is 0. The average Bonchev–Trinajstić information content (AvgIpc) is 2.58. The maximum atomic E-state index is 14.2. The molecule has 0 spiro atoms. The van der Waals surface area contributed by atoms with Crippen molar-refractivity contribution >= 4 is 28.7 Å². The highest BCUT2D eigenvalue weighted by atomic mass is 35.5. The van der Waals surface area contributed by atoms with Crippen molar-refractivity contribution in [1.29, 1.82) is 0 Å². The molecule has 0 saturated carbocycles. The van der Waals surface area contributed by atoms with Crippen molar-refractivity contribution in [2.45, 2.75) is 6.92 Å². The molecule has 0 unspecified atom stereocenters. The Hall–Kier alpha value is -3.06. The van der Waals surface area contributed by atoms with Gasteiger partial charge < -0.3 is 5.32 Å². The van der Waals surface area contributed by atoms with Crippen LogP contribution in [0.3, 0.4) is 0 Å². The number of halogens is 4. The molecule has 0 aromatic heterocycles. The largest absolute Gasteiger partial charge is 0.347 e. The highest BCUT2D eigenvalue weighted by Crippen LogP contribution is 2.40. The number of nitro benzene ring substituents is 1. The van der Waals surface area contributed by atoms with Crippen LogP contribution in [0.25, 0.3) is 11.1 Å². The van der Waals surface area contributed by atoms with E-state index in [2.05, 4.69) is 5.32 Å². The third-order valence-electron chi connectivity index (χ3n) is 3.96. The Labute approximate surface area is 157 Å². The Kier molecular flexibility index (Phi) is 5.05.